The quantitative estimate of drug-likeness (QED) is 0.141. The summed E-state index contributed by atoms with van der Waals surface area (Å²) in [4.78, 5) is 41.0. The second-order valence-electron chi connectivity index (χ2n) is 13.1. The Bertz CT molecular complexity index is 1770. The third-order valence-corrected chi connectivity index (χ3v) is 8.70. The maximum Gasteiger partial charge on any atom is 0.314 e. The lowest BCUT2D eigenvalue weighted by molar-refractivity contribution is -0.129. The van der Waals surface area contributed by atoms with Crippen LogP contribution < -0.4 is 26.2 Å². The average molecular weight is 652 g/mol. The standard InChI is InChI=1S/C38H45N5O5/c1-24(44)21-41-38(2,3)20-34(46)42-31-19-33(45)35-30-12-8-5-9-26(30)17-18-32(35)43(36(31)47)23-25-13-15-27(16-14-25)29-11-7-6-10-28(29)22-40-37(48)39-4/h5-18,24,31,33,41,44-45H,19-23H2,1-4H3,(H,42,46)(H2,39,40,48)/t24-,31?,33?/m0/s1. The molecule has 4 amide bonds. The van der Waals surface area contributed by atoms with E-state index in [4.69, 9.17) is 0 Å². The number of rotatable bonds is 11. The number of amides is 4. The molecule has 252 valence electrons. The zero-order valence-electron chi connectivity index (χ0n) is 27.9. The Morgan fingerprint density at radius 2 is 1.69 bits per heavy atom. The number of β-amino-alcohol motifs (C(OH)–C–C–N with tert-alkyl or cyclic N) is 1. The molecule has 5 rings (SSSR count). The van der Waals surface area contributed by atoms with E-state index in [9.17, 15) is 24.6 Å². The highest BCUT2D eigenvalue weighted by Gasteiger charge is 2.37. The van der Waals surface area contributed by atoms with Crippen molar-refractivity contribution >= 4 is 34.3 Å². The van der Waals surface area contributed by atoms with Crippen LogP contribution in [0.1, 0.15) is 56.4 Å². The van der Waals surface area contributed by atoms with Crippen LogP contribution in [0.3, 0.4) is 0 Å². The van der Waals surface area contributed by atoms with Gasteiger partial charge in [0.25, 0.3) is 0 Å². The molecule has 1 aliphatic heterocycles. The minimum atomic E-state index is -0.992. The highest BCUT2D eigenvalue weighted by molar-refractivity contribution is 6.03. The van der Waals surface area contributed by atoms with Crippen molar-refractivity contribution in [1.82, 2.24) is 21.3 Å². The van der Waals surface area contributed by atoms with Crippen LogP contribution in [0.2, 0.25) is 0 Å². The van der Waals surface area contributed by atoms with E-state index in [1.807, 2.05) is 98.8 Å². The van der Waals surface area contributed by atoms with E-state index in [1.165, 1.54) is 0 Å². The Balaban J connectivity index is 1.44. The number of carbonyl (C=O) groups is 3. The maximum atomic E-state index is 14.3. The Morgan fingerprint density at radius 1 is 0.979 bits per heavy atom. The van der Waals surface area contributed by atoms with Crippen molar-refractivity contribution in [1.29, 1.82) is 0 Å². The molecule has 10 heteroatoms. The lowest BCUT2D eigenvalue weighted by Gasteiger charge is -2.29. The van der Waals surface area contributed by atoms with Crippen molar-refractivity contribution in [3.8, 4) is 11.1 Å². The number of nitrogens with one attached hydrogen (secondary N) is 4. The number of hydrogen-bond donors (Lipinski definition) is 6. The van der Waals surface area contributed by atoms with Gasteiger partial charge in [0, 0.05) is 44.1 Å². The monoisotopic (exact) mass is 651 g/mol. The van der Waals surface area contributed by atoms with E-state index in [2.05, 4.69) is 21.3 Å². The van der Waals surface area contributed by atoms with Crippen molar-refractivity contribution in [2.75, 3.05) is 18.5 Å². The van der Waals surface area contributed by atoms with Crippen LogP contribution in [0.15, 0.2) is 84.9 Å². The average Bonchev–Trinajstić information content (AvgIpc) is 3.16. The fraction of sp³-hybridized carbons (Fsp3) is 0.342. The van der Waals surface area contributed by atoms with Crippen LogP contribution in [0.25, 0.3) is 21.9 Å². The zero-order valence-corrected chi connectivity index (χ0v) is 27.9. The van der Waals surface area contributed by atoms with Gasteiger partial charge >= 0.3 is 6.03 Å². The molecule has 10 nitrogen and oxygen atoms in total. The van der Waals surface area contributed by atoms with Gasteiger partial charge in [0.05, 0.1) is 24.4 Å². The van der Waals surface area contributed by atoms with Gasteiger partial charge in [-0.05, 0) is 59.9 Å². The highest BCUT2D eigenvalue weighted by atomic mass is 16.3. The first kappa shape index (κ1) is 34.6. The van der Waals surface area contributed by atoms with Crippen molar-refractivity contribution in [3.05, 3.63) is 102 Å². The normalized spacial score (nSPS) is 17.0. The molecular formula is C38H45N5O5. The summed E-state index contributed by atoms with van der Waals surface area (Å²) in [6, 6.07) is 26.2. The molecule has 1 heterocycles. The number of benzene rings is 4. The first-order valence-electron chi connectivity index (χ1n) is 16.3. The third-order valence-electron chi connectivity index (χ3n) is 8.70. The molecule has 0 bridgehead atoms. The SMILES string of the molecule is CNC(=O)NCc1ccccc1-c1ccc(CN2C(=O)C(NC(=O)CC(C)(C)NC[C@H](C)O)CC(O)c3c2ccc2ccccc32)cc1. The predicted octanol–water partition coefficient (Wildman–Crippen LogP) is 4.53. The van der Waals surface area contributed by atoms with Crippen LogP contribution in [0, 0.1) is 0 Å². The van der Waals surface area contributed by atoms with E-state index < -0.39 is 23.8 Å². The molecule has 3 atom stereocenters. The summed E-state index contributed by atoms with van der Waals surface area (Å²) in [6.45, 7) is 6.33. The lowest BCUT2D eigenvalue weighted by Crippen LogP contribution is -2.51. The van der Waals surface area contributed by atoms with Crippen molar-refractivity contribution in [2.24, 2.45) is 0 Å². The fourth-order valence-corrected chi connectivity index (χ4v) is 6.23. The van der Waals surface area contributed by atoms with E-state index in [1.54, 1.807) is 18.9 Å². The molecule has 0 saturated carbocycles. The topological polar surface area (TPSA) is 143 Å². The minimum absolute atomic E-state index is 0.0312. The Labute approximate surface area is 281 Å². The summed E-state index contributed by atoms with van der Waals surface area (Å²) in [7, 11) is 1.58. The molecule has 0 spiro atoms. The first-order chi connectivity index (χ1) is 23.0. The number of aliphatic hydroxyl groups is 2. The molecule has 0 radical (unpaired) electrons. The highest BCUT2D eigenvalue weighted by Crippen LogP contribution is 2.39. The summed E-state index contributed by atoms with van der Waals surface area (Å²) in [5.41, 5.74) is 4.44. The number of urea groups is 1. The largest absolute Gasteiger partial charge is 0.392 e. The summed E-state index contributed by atoms with van der Waals surface area (Å²) in [5.74, 6) is -0.630. The second-order valence-corrected chi connectivity index (χ2v) is 13.1. The summed E-state index contributed by atoms with van der Waals surface area (Å²) < 4.78 is 0. The summed E-state index contributed by atoms with van der Waals surface area (Å²) in [6.07, 6.45) is -1.45. The molecule has 6 N–H and O–H groups in total. The van der Waals surface area contributed by atoms with Gasteiger partial charge in [-0.3, -0.25) is 9.59 Å². The van der Waals surface area contributed by atoms with Crippen LogP contribution in [-0.2, 0) is 22.7 Å². The van der Waals surface area contributed by atoms with Gasteiger partial charge < -0.3 is 36.4 Å². The smallest absolute Gasteiger partial charge is 0.314 e. The Hall–Kier alpha value is -4.77. The second kappa shape index (κ2) is 15.0. The number of carbonyl (C=O) groups excluding carboxylic acids is 3. The Morgan fingerprint density at radius 3 is 2.42 bits per heavy atom. The molecule has 0 fully saturated rings. The van der Waals surface area contributed by atoms with E-state index >= 15 is 0 Å². The molecule has 2 unspecified atom stereocenters. The third kappa shape index (κ3) is 8.20. The molecule has 4 aromatic carbocycles. The van der Waals surface area contributed by atoms with Crippen LogP contribution in [0.4, 0.5) is 10.5 Å². The van der Waals surface area contributed by atoms with Gasteiger partial charge in [0.1, 0.15) is 6.04 Å². The Kier molecular flexibility index (Phi) is 10.8. The van der Waals surface area contributed by atoms with Gasteiger partial charge in [-0.1, -0.05) is 78.9 Å². The van der Waals surface area contributed by atoms with Gasteiger partial charge in [0.15, 0.2) is 0 Å². The molecule has 1 aliphatic rings. The molecule has 0 aliphatic carbocycles. The van der Waals surface area contributed by atoms with E-state index in [0.29, 0.717) is 24.3 Å². The summed E-state index contributed by atoms with van der Waals surface area (Å²) in [5, 5.41) is 34.6. The number of anilines is 1. The number of nitrogens with zero attached hydrogens (tertiary/aromatic N) is 1. The molecule has 4 aromatic rings. The van der Waals surface area contributed by atoms with Gasteiger partial charge in [-0.15, -0.1) is 0 Å². The van der Waals surface area contributed by atoms with E-state index in [-0.39, 0.29) is 37.2 Å². The van der Waals surface area contributed by atoms with Crippen LogP contribution in [0.5, 0.6) is 0 Å². The minimum Gasteiger partial charge on any atom is -0.392 e. The summed E-state index contributed by atoms with van der Waals surface area (Å²) >= 11 is 0. The number of aliphatic hydroxyl groups excluding tert-OH is 2. The van der Waals surface area contributed by atoms with Crippen molar-refractivity contribution in [2.45, 2.75) is 70.5 Å². The van der Waals surface area contributed by atoms with Gasteiger partial charge in [-0.2, -0.15) is 0 Å². The molecular weight excluding hydrogens is 606 g/mol. The van der Waals surface area contributed by atoms with Gasteiger partial charge in [0.2, 0.25) is 11.8 Å². The van der Waals surface area contributed by atoms with Crippen LogP contribution in [-0.4, -0.2) is 59.3 Å². The number of hydrogen-bond acceptors (Lipinski definition) is 6. The predicted molar refractivity (Wildman–Crippen MR) is 188 cm³/mol. The lowest BCUT2D eigenvalue weighted by atomic mass is 9.95. The van der Waals surface area contributed by atoms with E-state index in [0.717, 1.165) is 33.0 Å². The fourth-order valence-electron chi connectivity index (χ4n) is 6.23. The van der Waals surface area contributed by atoms with Crippen molar-refractivity contribution in [3.63, 3.8) is 0 Å². The molecule has 0 aromatic heterocycles. The zero-order chi connectivity index (χ0) is 34.4. The number of fused-ring (bicyclic) bond motifs is 3. The molecule has 0 saturated heterocycles. The first-order valence-corrected chi connectivity index (χ1v) is 16.3. The maximum absolute atomic E-state index is 14.3. The van der Waals surface area contributed by atoms with Gasteiger partial charge in [-0.25, -0.2) is 4.79 Å². The molecule has 48 heavy (non-hydrogen) atoms. The van der Waals surface area contributed by atoms with Crippen LogP contribution >= 0.6 is 0 Å². The van der Waals surface area contributed by atoms with Crippen molar-refractivity contribution < 1.29 is 24.6 Å².